The Labute approximate surface area is 216 Å². The molecule has 6 rings (SSSR count). The Hall–Kier alpha value is -4.38. The SMILES string of the molecule is O=C(NNc1ccccc1)C(c1ccc(Nc2c3ccccc3nc3ccccc23)cc1)C1CCCC1. The molecule has 5 heteroatoms. The lowest BCUT2D eigenvalue weighted by Crippen LogP contribution is -2.36. The molecule has 37 heavy (non-hydrogen) atoms. The van der Waals surface area contributed by atoms with E-state index in [1.165, 1.54) is 12.8 Å². The van der Waals surface area contributed by atoms with Gasteiger partial charge in [0.15, 0.2) is 0 Å². The van der Waals surface area contributed by atoms with Crippen LogP contribution in [0.4, 0.5) is 17.1 Å². The normalized spacial score (nSPS) is 14.5. The summed E-state index contributed by atoms with van der Waals surface area (Å²) in [6, 6.07) is 34.5. The maximum Gasteiger partial charge on any atom is 0.246 e. The fourth-order valence-corrected chi connectivity index (χ4v) is 5.55. The molecule has 3 N–H and O–H groups in total. The second-order valence-electron chi connectivity index (χ2n) is 9.77. The van der Waals surface area contributed by atoms with Crippen molar-refractivity contribution in [2.45, 2.75) is 31.6 Å². The smallest absolute Gasteiger partial charge is 0.246 e. The molecular weight excluding hydrogens is 456 g/mol. The third-order valence-corrected chi connectivity index (χ3v) is 7.38. The molecule has 0 bridgehead atoms. The van der Waals surface area contributed by atoms with Crippen LogP contribution in [0.25, 0.3) is 21.8 Å². The van der Waals surface area contributed by atoms with Gasteiger partial charge in [0.25, 0.3) is 0 Å². The van der Waals surface area contributed by atoms with E-state index in [0.717, 1.165) is 57.3 Å². The van der Waals surface area contributed by atoms with Gasteiger partial charge in [-0.2, -0.15) is 0 Å². The van der Waals surface area contributed by atoms with E-state index in [1.54, 1.807) is 0 Å². The van der Waals surface area contributed by atoms with Gasteiger partial charge < -0.3 is 5.32 Å². The molecule has 1 unspecified atom stereocenters. The molecule has 0 aliphatic heterocycles. The van der Waals surface area contributed by atoms with Crippen molar-refractivity contribution in [3.05, 3.63) is 109 Å². The molecular formula is C32H30N4O. The molecule has 0 saturated heterocycles. The minimum absolute atomic E-state index is 0.0163. The highest BCUT2D eigenvalue weighted by Gasteiger charge is 2.32. The highest BCUT2D eigenvalue weighted by molar-refractivity contribution is 6.08. The Bertz CT molecular complexity index is 1470. The van der Waals surface area contributed by atoms with Crippen molar-refractivity contribution in [2.24, 2.45) is 5.92 Å². The Balaban J connectivity index is 1.28. The average Bonchev–Trinajstić information content (AvgIpc) is 3.48. The minimum Gasteiger partial charge on any atom is -0.354 e. The van der Waals surface area contributed by atoms with Crippen LogP contribution in [0.1, 0.15) is 37.2 Å². The van der Waals surface area contributed by atoms with Crippen LogP contribution in [-0.4, -0.2) is 10.9 Å². The van der Waals surface area contributed by atoms with Gasteiger partial charge in [-0.05, 0) is 60.7 Å². The van der Waals surface area contributed by atoms with Crippen LogP contribution < -0.4 is 16.2 Å². The lowest BCUT2D eigenvalue weighted by atomic mass is 9.84. The number of aromatic nitrogens is 1. The number of hydrazine groups is 1. The van der Waals surface area contributed by atoms with Gasteiger partial charge in [-0.1, -0.05) is 79.6 Å². The van der Waals surface area contributed by atoms with E-state index in [9.17, 15) is 4.79 Å². The Morgan fingerprint density at radius 1 is 0.703 bits per heavy atom. The number of hydrogen-bond acceptors (Lipinski definition) is 4. The lowest BCUT2D eigenvalue weighted by Gasteiger charge is -2.24. The molecule has 1 aliphatic rings. The fourth-order valence-electron chi connectivity index (χ4n) is 5.55. The molecule has 1 aromatic heterocycles. The molecule has 0 spiro atoms. The topological polar surface area (TPSA) is 66.1 Å². The van der Waals surface area contributed by atoms with Crippen molar-refractivity contribution in [2.75, 3.05) is 10.7 Å². The molecule has 1 fully saturated rings. The van der Waals surface area contributed by atoms with Gasteiger partial charge in [-0.15, -0.1) is 0 Å². The Morgan fingerprint density at radius 2 is 1.30 bits per heavy atom. The summed E-state index contributed by atoms with van der Waals surface area (Å²) in [6.45, 7) is 0. The summed E-state index contributed by atoms with van der Waals surface area (Å²) in [4.78, 5) is 18.2. The van der Waals surface area contributed by atoms with Crippen molar-refractivity contribution in [1.29, 1.82) is 0 Å². The summed E-state index contributed by atoms with van der Waals surface area (Å²) in [5.41, 5.74) is 11.9. The molecule has 1 heterocycles. The largest absolute Gasteiger partial charge is 0.354 e. The van der Waals surface area contributed by atoms with E-state index in [-0.39, 0.29) is 11.8 Å². The van der Waals surface area contributed by atoms with Crippen molar-refractivity contribution < 1.29 is 4.79 Å². The van der Waals surface area contributed by atoms with E-state index in [2.05, 4.69) is 52.6 Å². The number of nitrogens with zero attached hydrogens (tertiary/aromatic N) is 1. The van der Waals surface area contributed by atoms with Crippen LogP contribution in [0.2, 0.25) is 0 Å². The monoisotopic (exact) mass is 486 g/mol. The third-order valence-electron chi connectivity index (χ3n) is 7.38. The zero-order valence-corrected chi connectivity index (χ0v) is 20.7. The van der Waals surface area contributed by atoms with Crippen LogP contribution >= 0.6 is 0 Å². The number of para-hydroxylation sites is 3. The zero-order chi connectivity index (χ0) is 25.0. The number of carbonyl (C=O) groups is 1. The second-order valence-corrected chi connectivity index (χ2v) is 9.77. The summed E-state index contributed by atoms with van der Waals surface area (Å²) < 4.78 is 0. The van der Waals surface area contributed by atoms with Crippen LogP contribution in [-0.2, 0) is 4.79 Å². The van der Waals surface area contributed by atoms with E-state index in [1.807, 2.05) is 66.7 Å². The predicted octanol–water partition coefficient (Wildman–Crippen LogP) is 7.55. The fraction of sp³-hybridized carbons (Fsp3) is 0.188. The molecule has 1 atom stereocenters. The summed E-state index contributed by atoms with van der Waals surface area (Å²) in [5.74, 6) is 0.183. The zero-order valence-electron chi connectivity index (χ0n) is 20.7. The summed E-state index contributed by atoms with van der Waals surface area (Å²) in [6.07, 6.45) is 4.53. The maximum atomic E-state index is 13.4. The Morgan fingerprint density at radius 3 is 1.95 bits per heavy atom. The third kappa shape index (κ3) is 4.85. The molecule has 184 valence electrons. The number of benzene rings is 4. The summed E-state index contributed by atoms with van der Waals surface area (Å²) >= 11 is 0. The first-order valence-electron chi connectivity index (χ1n) is 13.0. The first kappa shape index (κ1) is 23.0. The first-order chi connectivity index (χ1) is 18.3. The quantitative estimate of drug-likeness (QED) is 0.164. The van der Waals surface area contributed by atoms with Crippen LogP contribution in [0.3, 0.4) is 0 Å². The summed E-state index contributed by atoms with van der Waals surface area (Å²) in [7, 11) is 0. The van der Waals surface area contributed by atoms with Gasteiger partial charge >= 0.3 is 0 Å². The van der Waals surface area contributed by atoms with Crippen molar-refractivity contribution in [1.82, 2.24) is 10.4 Å². The summed E-state index contributed by atoms with van der Waals surface area (Å²) in [5, 5.41) is 5.82. The van der Waals surface area contributed by atoms with Crippen molar-refractivity contribution in [3.63, 3.8) is 0 Å². The highest BCUT2D eigenvalue weighted by Crippen LogP contribution is 2.39. The standard InChI is InChI=1S/C32H30N4O/c37-32(36-35-25-12-2-1-3-13-25)30(22-10-4-5-11-22)23-18-20-24(21-19-23)33-31-26-14-6-8-16-28(26)34-29-17-9-7-15-27(29)31/h1-3,6-9,12-22,30,35H,4-5,10-11H2,(H,33,34)(H,36,37). The van der Waals surface area contributed by atoms with Gasteiger partial charge in [0, 0.05) is 16.5 Å². The van der Waals surface area contributed by atoms with E-state index >= 15 is 0 Å². The average molecular weight is 487 g/mol. The first-order valence-corrected chi connectivity index (χ1v) is 13.0. The number of carbonyl (C=O) groups excluding carboxylic acids is 1. The molecule has 1 saturated carbocycles. The molecule has 5 aromatic rings. The predicted molar refractivity (Wildman–Crippen MR) is 152 cm³/mol. The highest BCUT2D eigenvalue weighted by atomic mass is 16.2. The van der Waals surface area contributed by atoms with Gasteiger partial charge in [-0.25, -0.2) is 4.98 Å². The molecule has 4 aromatic carbocycles. The van der Waals surface area contributed by atoms with E-state index in [0.29, 0.717) is 5.92 Å². The number of amides is 1. The number of pyridine rings is 1. The van der Waals surface area contributed by atoms with Crippen molar-refractivity contribution >= 4 is 44.8 Å². The molecule has 1 amide bonds. The number of nitrogens with one attached hydrogen (secondary N) is 3. The number of anilines is 3. The van der Waals surface area contributed by atoms with E-state index in [4.69, 9.17) is 4.98 Å². The van der Waals surface area contributed by atoms with Gasteiger partial charge in [0.2, 0.25) is 5.91 Å². The minimum atomic E-state index is -0.185. The number of rotatable bonds is 7. The molecule has 1 aliphatic carbocycles. The number of fused-ring (bicyclic) bond motifs is 2. The van der Waals surface area contributed by atoms with Crippen molar-refractivity contribution in [3.8, 4) is 0 Å². The van der Waals surface area contributed by atoms with Crippen LogP contribution in [0, 0.1) is 5.92 Å². The maximum absolute atomic E-state index is 13.4. The lowest BCUT2D eigenvalue weighted by molar-refractivity contribution is -0.123. The van der Waals surface area contributed by atoms with Gasteiger partial charge in [0.1, 0.15) is 0 Å². The van der Waals surface area contributed by atoms with Gasteiger partial charge in [-0.3, -0.25) is 15.6 Å². The number of hydrogen-bond donors (Lipinski definition) is 3. The second kappa shape index (κ2) is 10.3. The van der Waals surface area contributed by atoms with Crippen LogP contribution in [0.15, 0.2) is 103 Å². The molecule has 5 nitrogen and oxygen atoms in total. The van der Waals surface area contributed by atoms with Crippen LogP contribution in [0.5, 0.6) is 0 Å². The van der Waals surface area contributed by atoms with E-state index < -0.39 is 0 Å². The Kier molecular flexibility index (Phi) is 6.42. The van der Waals surface area contributed by atoms with Gasteiger partial charge in [0.05, 0.1) is 28.3 Å². The molecule has 0 radical (unpaired) electrons.